The number of nitrogens with zero attached hydrogens (tertiary/aromatic N) is 2. The van der Waals surface area contributed by atoms with Crippen LogP contribution in [0.15, 0.2) is 36.4 Å². The van der Waals surface area contributed by atoms with E-state index in [0.717, 1.165) is 24.8 Å². The van der Waals surface area contributed by atoms with Crippen LogP contribution >= 0.6 is 0 Å². The first-order valence-electron chi connectivity index (χ1n) is 11.6. The molecule has 3 aromatic rings. The zero-order valence-corrected chi connectivity index (χ0v) is 20.5. The standard InChI is InChI=1S/C26H30F3N3O3/c1-15-12-18(14-25(3,4)13-15)32-21-11-10-20(23(33)34-5)16(2)22(21)31-24(32)30-17-6-8-19(9-7-17)35-26(27,28)29/h6-11,15,18H,12-14H2,1-5H3,(H,30,31)/t15-,18+/m1/s1. The molecule has 188 valence electrons. The molecule has 9 heteroatoms. The van der Waals surface area contributed by atoms with Gasteiger partial charge >= 0.3 is 12.3 Å². The molecule has 4 rings (SSSR count). The van der Waals surface area contributed by atoms with Crippen LogP contribution in [0.1, 0.15) is 62.0 Å². The van der Waals surface area contributed by atoms with Gasteiger partial charge in [0, 0.05) is 11.7 Å². The van der Waals surface area contributed by atoms with Crippen LogP contribution in [0.2, 0.25) is 0 Å². The molecule has 0 bridgehead atoms. The molecule has 1 saturated carbocycles. The summed E-state index contributed by atoms with van der Waals surface area (Å²) in [6, 6.07) is 9.36. The van der Waals surface area contributed by atoms with Crippen molar-refractivity contribution in [1.29, 1.82) is 0 Å². The summed E-state index contributed by atoms with van der Waals surface area (Å²) in [5, 5.41) is 3.28. The predicted octanol–water partition coefficient (Wildman–Crippen LogP) is 7.16. The smallest absolute Gasteiger partial charge is 0.465 e. The van der Waals surface area contributed by atoms with E-state index in [-0.39, 0.29) is 17.2 Å². The number of methoxy groups -OCH3 is 1. The Labute approximate surface area is 202 Å². The van der Waals surface area contributed by atoms with Gasteiger partial charge in [-0.1, -0.05) is 20.8 Å². The van der Waals surface area contributed by atoms with E-state index < -0.39 is 12.3 Å². The fourth-order valence-corrected chi connectivity index (χ4v) is 5.45. The summed E-state index contributed by atoms with van der Waals surface area (Å²) in [6.45, 7) is 8.62. The van der Waals surface area contributed by atoms with E-state index >= 15 is 0 Å². The van der Waals surface area contributed by atoms with Crippen molar-refractivity contribution in [2.24, 2.45) is 11.3 Å². The summed E-state index contributed by atoms with van der Waals surface area (Å²) in [5.41, 5.74) is 3.46. The van der Waals surface area contributed by atoms with Gasteiger partial charge in [0.05, 0.1) is 23.7 Å². The van der Waals surface area contributed by atoms with E-state index in [1.54, 1.807) is 6.07 Å². The van der Waals surface area contributed by atoms with Crippen LogP contribution in [0, 0.1) is 18.3 Å². The first-order chi connectivity index (χ1) is 16.4. The molecule has 0 aliphatic heterocycles. The van der Waals surface area contributed by atoms with Gasteiger partial charge in [-0.3, -0.25) is 0 Å². The van der Waals surface area contributed by atoms with Gasteiger partial charge in [-0.15, -0.1) is 13.2 Å². The number of hydrogen-bond donors (Lipinski definition) is 1. The van der Waals surface area contributed by atoms with E-state index in [1.165, 1.54) is 31.4 Å². The monoisotopic (exact) mass is 489 g/mol. The Morgan fingerprint density at radius 3 is 2.43 bits per heavy atom. The number of alkyl halides is 3. The number of benzene rings is 2. The third-order valence-corrected chi connectivity index (χ3v) is 6.59. The highest BCUT2D eigenvalue weighted by molar-refractivity contribution is 5.97. The number of hydrogen-bond acceptors (Lipinski definition) is 5. The fourth-order valence-electron chi connectivity index (χ4n) is 5.45. The zero-order valence-electron chi connectivity index (χ0n) is 20.5. The number of rotatable bonds is 5. The average Bonchev–Trinajstić information content (AvgIpc) is 3.11. The summed E-state index contributed by atoms with van der Waals surface area (Å²) in [5.74, 6) is 0.368. The van der Waals surface area contributed by atoms with Gasteiger partial charge in [0.15, 0.2) is 0 Å². The van der Waals surface area contributed by atoms with Crippen molar-refractivity contribution in [3.63, 3.8) is 0 Å². The second-order valence-corrected chi connectivity index (χ2v) is 10.2. The molecule has 35 heavy (non-hydrogen) atoms. The van der Waals surface area contributed by atoms with Gasteiger partial charge in [0.1, 0.15) is 5.75 Å². The SMILES string of the molecule is COC(=O)c1ccc2c(nc(Nc3ccc(OC(F)(F)F)cc3)n2[C@H]2C[C@@H](C)CC(C)(C)C2)c1C. The van der Waals surface area contributed by atoms with Crippen LogP contribution in [0.25, 0.3) is 11.0 Å². The molecule has 0 radical (unpaired) electrons. The second kappa shape index (κ2) is 9.09. The minimum atomic E-state index is -4.75. The molecule has 0 unspecified atom stereocenters. The molecule has 2 aromatic carbocycles. The fraction of sp³-hybridized carbons (Fsp3) is 0.462. The minimum Gasteiger partial charge on any atom is -0.465 e. The van der Waals surface area contributed by atoms with Gasteiger partial charge in [0.2, 0.25) is 5.95 Å². The van der Waals surface area contributed by atoms with Crippen LogP contribution in [-0.2, 0) is 4.74 Å². The highest BCUT2D eigenvalue weighted by Crippen LogP contribution is 2.46. The van der Waals surface area contributed by atoms with Crippen molar-refractivity contribution in [2.75, 3.05) is 12.4 Å². The van der Waals surface area contributed by atoms with Crippen LogP contribution in [0.3, 0.4) is 0 Å². The number of carbonyl (C=O) groups excluding carboxylic acids is 1. The van der Waals surface area contributed by atoms with Crippen LogP contribution in [-0.4, -0.2) is 29.0 Å². The van der Waals surface area contributed by atoms with E-state index in [9.17, 15) is 18.0 Å². The molecule has 6 nitrogen and oxygen atoms in total. The zero-order chi connectivity index (χ0) is 25.5. The Morgan fingerprint density at radius 1 is 1.14 bits per heavy atom. The molecule has 0 saturated heterocycles. The number of aryl methyl sites for hydroxylation is 1. The number of esters is 1. The van der Waals surface area contributed by atoms with Crippen molar-refractivity contribution in [3.05, 3.63) is 47.5 Å². The molecule has 1 N–H and O–H groups in total. The van der Waals surface area contributed by atoms with E-state index in [4.69, 9.17) is 9.72 Å². The molecule has 1 aromatic heterocycles. The lowest BCUT2D eigenvalue weighted by Gasteiger charge is -2.40. The van der Waals surface area contributed by atoms with Crippen molar-refractivity contribution in [1.82, 2.24) is 9.55 Å². The van der Waals surface area contributed by atoms with Crippen molar-refractivity contribution < 1.29 is 27.4 Å². The lowest BCUT2D eigenvalue weighted by atomic mass is 9.70. The largest absolute Gasteiger partial charge is 0.573 e. The van der Waals surface area contributed by atoms with E-state index in [1.807, 2.05) is 13.0 Å². The Hall–Kier alpha value is -3.23. The van der Waals surface area contributed by atoms with Crippen LogP contribution < -0.4 is 10.1 Å². The molecule has 1 fully saturated rings. The number of imidazole rings is 1. The normalized spacial score (nSPS) is 20.0. The maximum absolute atomic E-state index is 12.5. The average molecular weight is 490 g/mol. The molecule has 0 amide bonds. The molecule has 1 aliphatic rings. The van der Waals surface area contributed by atoms with Crippen LogP contribution in [0.5, 0.6) is 5.75 Å². The first-order valence-corrected chi connectivity index (χ1v) is 11.6. The summed E-state index contributed by atoms with van der Waals surface area (Å²) in [7, 11) is 1.34. The Balaban J connectivity index is 1.78. The number of nitrogens with one attached hydrogen (secondary N) is 1. The third kappa shape index (κ3) is 5.39. The Morgan fingerprint density at radius 2 is 1.83 bits per heavy atom. The van der Waals surface area contributed by atoms with Crippen molar-refractivity contribution >= 4 is 28.6 Å². The van der Waals surface area contributed by atoms with Gasteiger partial charge in [-0.2, -0.15) is 0 Å². The van der Waals surface area contributed by atoms with Gasteiger partial charge in [-0.25, -0.2) is 9.78 Å². The molecule has 1 aliphatic carbocycles. The highest BCUT2D eigenvalue weighted by atomic mass is 19.4. The lowest BCUT2D eigenvalue weighted by molar-refractivity contribution is -0.274. The highest BCUT2D eigenvalue weighted by Gasteiger charge is 2.35. The molecule has 2 atom stereocenters. The summed E-state index contributed by atoms with van der Waals surface area (Å²) in [6.07, 6.45) is -1.69. The topological polar surface area (TPSA) is 65.4 Å². The second-order valence-electron chi connectivity index (χ2n) is 10.2. The summed E-state index contributed by atoms with van der Waals surface area (Å²) < 4.78 is 48.7. The number of fused-ring (bicyclic) bond motifs is 1. The number of halogens is 3. The summed E-state index contributed by atoms with van der Waals surface area (Å²) >= 11 is 0. The predicted molar refractivity (Wildman–Crippen MR) is 128 cm³/mol. The van der Waals surface area contributed by atoms with E-state index in [2.05, 4.69) is 35.4 Å². The summed E-state index contributed by atoms with van der Waals surface area (Å²) in [4.78, 5) is 17.1. The number of ether oxygens (including phenoxy) is 2. The van der Waals surface area contributed by atoms with Gasteiger partial charge < -0.3 is 19.4 Å². The molecular formula is C26H30F3N3O3. The van der Waals surface area contributed by atoms with Gasteiger partial charge in [0.25, 0.3) is 0 Å². The van der Waals surface area contributed by atoms with Crippen LogP contribution in [0.4, 0.5) is 24.8 Å². The number of aromatic nitrogens is 2. The molecule has 1 heterocycles. The number of carbonyl (C=O) groups is 1. The number of anilines is 2. The van der Waals surface area contributed by atoms with Crippen molar-refractivity contribution in [3.8, 4) is 5.75 Å². The molecular weight excluding hydrogens is 459 g/mol. The third-order valence-electron chi connectivity index (χ3n) is 6.59. The quantitative estimate of drug-likeness (QED) is 0.385. The van der Waals surface area contributed by atoms with Crippen molar-refractivity contribution in [2.45, 2.75) is 59.4 Å². The van der Waals surface area contributed by atoms with Gasteiger partial charge in [-0.05, 0) is 79.5 Å². The maximum atomic E-state index is 12.5. The first kappa shape index (κ1) is 24.9. The molecule has 0 spiro atoms. The van der Waals surface area contributed by atoms with E-state index in [0.29, 0.717) is 34.2 Å². The minimum absolute atomic E-state index is 0.147. The lowest BCUT2D eigenvalue weighted by Crippen LogP contribution is -2.29. The maximum Gasteiger partial charge on any atom is 0.573 e. The Kier molecular flexibility index (Phi) is 6.46. The Bertz CT molecular complexity index is 1230.